The van der Waals surface area contributed by atoms with Crippen LogP contribution in [0, 0.1) is 0 Å². The molecule has 10 heteroatoms. The third-order valence-corrected chi connectivity index (χ3v) is 6.12. The molecule has 1 heterocycles. The Balaban J connectivity index is 1.57. The number of amides is 1. The zero-order chi connectivity index (χ0) is 20.8. The number of carbonyl (C=O) groups is 1. The molecule has 0 saturated heterocycles. The van der Waals surface area contributed by atoms with E-state index in [0.29, 0.717) is 11.1 Å². The summed E-state index contributed by atoms with van der Waals surface area (Å²) in [6, 6.07) is 14.7. The van der Waals surface area contributed by atoms with Crippen molar-refractivity contribution in [3.63, 3.8) is 0 Å². The predicted octanol–water partition coefficient (Wildman–Crippen LogP) is 3.89. The molecule has 6 nitrogen and oxygen atoms in total. The molecule has 29 heavy (non-hydrogen) atoms. The van der Waals surface area contributed by atoms with E-state index in [0.717, 1.165) is 21.8 Å². The van der Waals surface area contributed by atoms with Crippen LogP contribution in [0.1, 0.15) is 0 Å². The summed E-state index contributed by atoms with van der Waals surface area (Å²) in [5.74, 6) is -1.20. The minimum atomic E-state index is -4.86. The van der Waals surface area contributed by atoms with E-state index >= 15 is 0 Å². The summed E-state index contributed by atoms with van der Waals surface area (Å²) in [5, 5.41) is 3.66. The molecule has 0 unspecified atom stereocenters. The van der Waals surface area contributed by atoms with Crippen LogP contribution in [0.2, 0.25) is 0 Å². The van der Waals surface area contributed by atoms with Crippen LogP contribution in [-0.2, 0) is 14.8 Å². The van der Waals surface area contributed by atoms with Crippen LogP contribution in [0.15, 0.2) is 65.6 Å². The highest BCUT2D eigenvalue weighted by molar-refractivity contribution is 7.93. The van der Waals surface area contributed by atoms with Gasteiger partial charge in [0.1, 0.15) is 12.3 Å². The van der Waals surface area contributed by atoms with Gasteiger partial charge in [-0.05, 0) is 29.7 Å². The van der Waals surface area contributed by atoms with E-state index in [2.05, 4.69) is 10.1 Å². The first kappa shape index (κ1) is 19.1. The van der Waals surface area contributed by atoms with E-state index in [-0.39, 0.29) is 10.6 Å². The lowest BCUT2D eigenvalue weighted by atomic mass is 10.1. The van der Waals surface area contributed by atoms with Crippen molar-refractivity contribution in [1.82, 2.24) is 0 Å². The number of benzene rings is 3. The molecule has 1 N–H and O–H groups in total. The van der Waals surface area contributed by atoms with E-state index in [1.165, 1.54) is 18.2 Å². The number of carbonyl (C=O) groups excluding carboxylic acids is 1. The fourth-order valence-corrected chi connectivity index (χ4v) is 4.90. The quantitative estimate of drug-likeness (QED) is 0.692. The van der Waals surface area contributed by atoms with Gasteiger partial charge in [-0.15, -0.1) is 13.2 Å². The molecule has 1 aliphatic rings. The molecule has 150 valence electrons. The molecule has 3 aromatic rings. The molecular weight excluding hydrogens is 409 g/mol. The summed E-state index contributed by atoms with van der Waals surface area (Å²) in [6.07, 6.45) is -4.86. The molecule has 0 bridgehead atoms. The summed E-state index contributed by atoms with van der Waals surface area (Å²) in [5.41, 5.74) is 0.423. The number of hydrogen-bond acceptors (Lipinski definition) is 4. The summed E-state index contributed by atoms with van der Waals surface area (Å²) < 4.78 is 67.6. The van der Waals surface area contributed by atoms with Gasteiger partial charge in [0.05, 0.1) is 10.6 Å². The first-order valence-corrected chi connectivity index (χ1v) is 9.79. The second-order valence-corrected chi connectivity index (χ2v) is 8.10. The van der Waals surface area contributed by atoms with Gasteiger partial charge in [0.25, 0.3) is 10.0 Å². The third kappa shape index (κ3) is 3.58. The molecule has 4 rings (SSSR count). The standard InChI is InChI=1S/C19H13F3N2O4S/c20-19(21,22)28-14-7-3-6-13(10-14)23-17(25)11-24-15-8-1-4-12-5-2-9-16(18(12)15)29(24,26)27/h1-10H,11H2,(H,23,25). The number of alkyl halides is 3. The summed E-state index contributed by atoms with van der Waals surface area (Å²) in [4.78, 5) is 12.6. The smallest absolute Gasteiger partial charge is 0.406 e. The molecule has 1 aliphatic heterocycles. The number of hydrogen-bond donors (Lipinski definition) is 1. The number of sulfonamides is 1. The lowest BCUT2D eigenvalue weighted by molar-refractivity contribution is -0.274. The number of ether oxygens (including phenoxy) is 1. The Morgan fingerprint density at radius 1 is 1.03 bits per heavy atom. The van der Waals surface area contributed by atoms with E-state index in [1.54, 1.807) is 30.3 Å². The molecular formula is C19H13F3N2O4S. The molecule has 0 fully saturated rings. The van der Waals surface area contributed by atoms with Gasteiger partial charge in [-0.2, -0.15) is 0 Å². The molecule has 0 radical (unpaired) electrons. The second-order valence-electron chi connectivity index (χ2n) is 6.27. The average molecular weight is 422 g/mol. The third-order valence-electron chi connectivity index (χ3n) is 4.32. The Morgan fingerprint density at radius 3 is 2.45 bits per heavy atom. The van der Waals surface area contributed by atoms with Crippen LogP contribution in [-0.4, -0.2) is 27.2 Å². The Hall–Kier alpha value is -3.27. The van der Waals surface area contributed by atoms with Crippen molar-refractivity contribution < 1.29 is 31.1 Å². The lowest BCUT2D eigenvalue weighted by Crippen LogP contribution is -2.35. The van der Waals surface area contributed by atoms with Gasteiger partial charge in [-0.25, -0.2) is 8.42 Å². The molecule has 0 aromatic heterocycles. The largest absolute Gasteiger partial charge is 0.573 e. The Labute approximate surface area is 163 Å². The van der Waals surface area contributed by atoms with Crippen molar-refractivity contribution in [2.75, 3.05) is 16.2 Å². The van der Waals surface area contributed by atoms with E-state index in [9.17, 15) is 26.4 Å². The van der Waals surface area contributed by atoms with Gasteiger partial charge < -0.3 is 10.1 Å². The van der Waals surface area contributed by atoms with Crippen molar-refractivity contribution >= 4 is 38.1 Å². The summed E-state index contributed by atoms with van der Waals surface area (Å²) in [6.45, 7) is -0.527. The van der Waals surface area contributed by atoms with E-state index in [4.69, 9.17) is 0 Å². The zero-order valence-corrected chi connectivity index (χ0v) is 15.4. The SMILES string of the molecule is O=C(CN1c2cccc3cccc(c23)S1(=O)=O)Nc1cccc(OC(F)(F)F)c1. The maximum absolute atomic E-state index is 12.9. The van der Waals surface area contributed by atoms with E-state index in [1.807, 2.05) is 0 Å². The predicted molar refractivity (Wildman–Crippen MR) is 100 cm³/mol. The molecule has 1 amide bonds. The number of nitrogens with one attached hydrogen (secondary N) is 1. The molecule has 0 spiro atoms. The number of rotatable bonds is 4. The second kappa shape index (κ2) is 6.66. The van der Waals surface area contributed by atoms with Gasteiger partial charge in [0.15, 0.2) is 0 Å². The van der Waals surface area contributed by atoms with Crippen LogP contribution in [0.3, 0.4) is 0 Å². The molecule has 0 atom stereocenters. The van der Waals surface area contributed by atoms with Crippen molar-refractivity contribution in [3.8, 4) is 5.75 Å². The Morgan fingerprint density at radius 2 is 1.72 bits per heavy atom. The van der Waals surface area contributed by atoms with Crippen molar-refractivity contribution in [3.05, 3.63) is 60.7 Å². The van der Waals surface area contributed by atoms with Crippen molar-refractivity contribution in [2.45, 2.75) is 11.3 Å². The lowest BCUT2D eigenvalue weighted by Gasteiger charge is -2.18. The highest BCUT2D eigenvalue weighted by Crippen LogP contribution is 2.41. The highest BCUT2D eigenvalue weighted by atomic mass is 32.2. The normalized spacial score (nSPS) is 14.8. The average Bonchev–Trinajstić information content (AvgIpc) is 2.84. The Bertz CT molecular complexity index is 1220. The van der Waals surface area contributed by atoms with Crippen LogP contribution in [0.4, 0.5) is 24.5 Å². The highest BCUT2D eigenvalue weighted by Gasteiger charge is 2.36. The minimum absolute atomic E-state index is 0.0454. The minimum Gasteiger partial charge on any atom is -0.406 e. The molecule has 0 aliphatic carbocycles. The number of anilines is 2. The fraction of sp³-hybridized carbons (Fsp3) is 0.105. The monoisotopic (exact) mass is 422 g/mol. The first-order valence-electron chi connectivity index (χ1n) is 8.35. The Kier molecular flexibility index (Phi) is 4.38. The summed E-state index contributed by atoms with van der Waals surface area (Å²) in [7, 11) is -3.92. The van der Waals surface area contributed by atoms with Gasteiger partial charge in [-0.1, -0.05) is 30.3 Å². The fourth-order valence-electron chi connectivity index (χ4n) is 3.23. The first-order chi connectivity index (χ1) is 13.6. The van der Waals surface area contributed by atoms with Crippen molar-refractivity contribution in [1.29, 1.82) is 0 Å². The van der Waals surface area contributed by atoms with Crippen LogP contribution in [0.25, 0.3) is 10.8 Å². The number of halogens is 3. The van der Waals surface area contributed by atoms with Gasteiger partial charge >= 0.3 is 6.36 Å². The summed E-state index contributed by atoms with van der Waals surface area (Å²) >= 11 is 0. The van der Waals surface area contributed by atoms with Crippen LogP contribution < -0.4 is 14.4 Å². The maximum atomic E-state index is 12.9. The maximum Gasteiger partial charge on any atom is 0.573 e. The van der Waals surface area contributed by atoms with Gasteiger partial charge in [0, 0.05) is 17.1 Å². The molecule has 0 saturated carbocycles. The van der Waals surface area contributed by atoms with Crippen LogP contribution >= 0.6 is 0 Å². The van der Waals surface area contributed by atoms with E-state index < -0.39 is 34.6 Å². The zero-order valence-electron chi connectivity index (χ0n) is 14.6. The molecule has 3 aromatic carbocycles. The van der Waals surface area contributed by atoms with Crippen molar-refractivity contribution in [2.24, 2.45) is 0 Å². The van der Waals surface area contributed by atoms with Gasteiger partial charge in [0.2, 0.25) is 5.91 Å². The topological polar surface area (TPSA) is 75.7 Å². The number of nitrogens with zero attached hydrogens (tertiary/aromatic N) is 1. The van der Waals surface area contributed by atoms with Gasteiger partial charge in [-0.3, -0.25) is 9.10 Å². The van der Waals surface area contributed by atoms with Crippen LogP contribution in [0.5, 0.6) is 5.75 Å².